The van der Waals surface area contributed by atoms with E-state index in [-0.39, 0.29) is 48.2 Å². The van der Waals surface area contributed by atoms with Crippen LogP contribution in [0.2, 0.25) is 0 Å². The Balaban J connectivity index is 1.73. The molecule has 9 heteroatoms. The fourth-order valence-electron chi connectivity index (χ4n) is 4.07. The van der Waals surface area contributed by atoms with Crippen molar-refractivity contribution in [2.45, 2.75) is 57.5 Å². The second kappa shape index (κ2) is 10.8. The molecule has 8 nitrogen and oxygen atoms in total. The van der Waals surface area contributed by atoms with Crippen molar-refractivity contribution in [3.05, 3.63) is 65.2 Å². The Morgan fingerprint density at radius 1 is 1.06 bits per heavy atom. The molecule has 182 valence electrons. The molecule has 3 rings (SSSR count). The van der Waals surface area contributed by atoms with Gasteiger partial charge in [-0.15, -0.1) is 0 Å². The zero-order valence-corrected chi connectivity index (χ0v) is 20.6. The number of hydrogen-bond acceptors (Lipinski definition) is 5. The lowest BCUT2D eigenvalue weighted by Gasteiger charge is -2.31. The predicted octanol–water partition coefficient (Wildman–Crippen LogP) is 2.86. The summed E-state index contributed by atoms with van der Waals surface area (Å²) in [6, 6.07) is 13.2. The molecule has 0 aromatic heterocycles. The number of likely N-dealkylation sites (N-methyl/N-ethyl adjacent to an activating group) is 1. The summed E-state index contributed by atoms with van der Waals surface area (Å²) in [6.07, 6.45) is 0.614. The highest BCUT2D eigenvalue weighted by Crippen LogP contribution is 2.30. The zero-order chi connectivity index (χ0) is 24.9. The number of carbonyl (C=O) groups is 3. The third-order valence-electron chi connectivity index (χ3n) is 5.87. The van der Waals surface area contributed by atoms with Gasteiger partial charge in [-0.2, -0.15) is 0 Å². The van der Waals surface area contributed by atoms with Crippen LogP contribution in [0.1, 0.15) is 54.6 Å². The second-order valence-electron chi connectivity index (χ2n) is 8.31. The monoisotopic (exact) mass is 485 g/mol. The van der Waals surface area contributed by atoms with Crippen molar-refractivity contribution in [1.29, 1.82) is 0 Å². The van der Waals surface area contributed by atoms with E-state index >= 15 is 0 Å². The molecule has 0 aliphatic carbocycles. The average Bonchev–Trinajstić information content (AvgIpc) is 3.01. The fourth-order valence-corrected chi connectivity index (χ4v) is 5.68. The molecule has 2 aromatic rings. The first-order valence-corrected chi connectivity index (χ1v) is 12.9. The number of carbonyl (C=O) groups excluding carboxylic acids is 3. The summed E-state index contributed by atoms with van der Waals surface area (Å²) in [6.45, 7) is 6.27. The van der Waals surface area contributed by atoms with Crippen molar-refractivity contribution in [3.63, 3.8) is 0 Å². The molecule has 1 N–H and O–H groups in total. The second-order valence-corrected chi connectivity index (χ2v) is 10.1. The van der Waals surface area contributed by atoms with Crippen LogP contribution >= 0.6 is 0 Å². The zero-order valence-electron chi connectivity index (χ0n) is 19.8. The molecular weight excluding hydrogens is 454 g/mol. The lowest BCUT2D eigenvalue weighted by Crippen LogP contribution is -2.49. The van der Waals surface area contributed by atoms with E-state index in [4.69, 9.17) is 0 Å². The smallest absolute Gasteiger partial charge is 0.269 e. The molecule has 0 fully saturated rings. The molecule has 0 bridgehead atoms. The molecule has 1 heterocycles. The van der Waals surface area contributed by atoms with Gasteiger partial charge in [-0.05, 0) is 44.4 Å². The van der Waals surface area contributed by atoms with Crippen LogP contribution in [0.3, 0.4) is 0 Å². The van der Waals surface area contributed by atoms with E-state index in [2.05, 4.69) is 5.32 Å². The number of fused-ring (bicyclic) bond motifs is 1. The SMILES string of the molecule is CCNC(=O)C(CC)N(Cc1ccc(C)cc1)C(=O)CCCN1C(=O)c2ccccc2S1(=O)=O. The van der Waals surface area contributed by atoms with Crippen LogP contribution < -0.4 is 5.32 Å². The van der Waals surface area contributed by atoms with Crippen LogP contribution in [0, 0.1) is 6.92 Å². The van der Waals surface area contributed by atoms with Gasteiger partial charge in [-0.25, -0.2) is 12.7 Å². The van der Waals surface area contributed by atoms with Gasteiger partial charge in [0, 0.05) is 26.1 Å². The molecule has 1 aliphatic heterocycles. The fraction of sp³-hybridized carbons (Fsp3) is 0.400. The Hall–Kier alpha value is -3.20. The molecule has 3 amide bonds. The number of benzene rings is 2. The number of aryl methyl sites for hydroxylation is 1. The van der Waals surface area contributed by atoms with E-state index in [0.717, 1.165) is 15.4 Å². The number of sulfonamides is 1. The number of nitrogens with one attached hydrogen (secondary N) is 1. The van der Waals surface area contributed by atoms with Gasteiger partial charge in [0.1, 0.15) is 10.9 Å². The van der Waals surface area contributed by atoms with E-state index in [1.807, 2.05) is 45.0 Å². The lowest BCUT2D eigenvalue weighted by atomic mass is 10.1. The molecule has 0 saturated carbocycles. The summed E-state index contributed by atoms with van der Waals surface area (Å²) < 4.78 is 26.3. The highest BCUT2D eigenvalue weighted by molar-refractivity contribution is 7.90. The van der Waals surface area contributed by atoms with E-state index < -0.39 is 22.0 Å². The maximum Gasteiger partial charge on any atom is 0.269 e. The standard InChI is InChI=1S/C25H31N3O5S/c1-4-21(24(30)26-5-2)27(17-19-14-12-18(3)13-15-19)23(29)11-8-16-28-25(31)20-9-6-7-10-22(20)34(28,32)33/h6-7,9-10,12-15,21H,4-5,8,11,16-17H2,1-3H3,(H,26,30). The molecule has 1 unspecified atom stereocenters. The topological polar surface area (TPSA) is 104 Å². The predicted molar refractivity (Wildman–Crippen MR) is 128 cm³/mol. The summed E-state index contributed by atoms with van der Waals surface area (Å²) in [5.41, 5.74) is 2.14. The van der Waals surface area contributed by atoms with E-state index in [1.165, 1.54) is 12.1 Å². The molecule has 1 aliphatic rings. The van der Waals surface area contributed by atoms with Crippen LogP contribution in [0.25, 0.3) is 0 Å². The molecule has 2 aromatic carbocycles. The van der Waals surface area contributed by atoms with Crippen molar-refractivity contribution in [2.75, 3.05) is 13.1 Å². The maximum absolute atomic E-state index is 13.3. The minimum atomic E-state index is -3.91. The normalized spacial score (nSPS) is 15.0. The number of nitrogens with zero attached hydrogens (tertiary/aromatic N) is 2. The van der Waals surface area contributed by atoms with Gasteiger partial charge in [0.25, 0.3) is 15.9 Å². The minimum Gasteiger partial charge on any atom is -0.355 e. The third kappa shape index (κ3) is 5.30. The first kappa shape index (κ1) is 25.4. The Bertz CT molecular complexity index is 1160. The number of hydrogen-bond donors (Lipinski definition) is 1. The van der Waals surface area contributed by atoms with Crippen LogP contribution in [0.5, 0.6) is 0 Å². The molecule has 0 radical (unpaired) electrons. The highest BCUT2D eigenvalue weighted by Gasteiger charge is 2.40. The number of amides is 3. The van der Waals surface area contributed by atoms with Gasteiger partial charge in [-0.3, -0.25) is 14.4 Å². The average molecular weight is 486 g/mol. The van der Waals surface area contributed by atoms with Crippen LogP contribution in [-0.4, -0.2) is 54.5 Å². The van der Waals surface area contributed by atoms with Crippen LogP contribution in [0.15, 0.2) is 53.4 Å². The Morgan fingerprint density at radius 3 is 2.35 bits per heavy atom. The molecule has 0 spiro atoms. The van der Waals surface area contributed by atoms with Crippen LogP contribution in [-0.2, 0) is 26.2 Å². The van der Waals surface area contributed by atoms with Gasteiger partial charge in [-0.1, -0.05) is 48.9 Å². The van der Waals surface area contributed by atoms with Gasteiger partial charge in [0.15, 0.2) is 0 Å². The summed E-state index contributed by atoms with van der Waals surface area (Å²) in [4.78, 5) is 40.1. The summed E-state index contributed by atoms with van der Waals surface area (Å²) in [7, 11) is -3.91. The van der Waals surface area contributed by atoms with Gasteiger partial charge < -0.3 is 10.2 Å². The quantitative estimate of drug-likeness (QED) is 0.557. The summed E-state index contributed by atoms with van der Waals surface area (Å²) in [5.74, 6) is -1.06. The maximum atomic E-state index is 13.3. The largest absolute Gasteiger partial charge is 0.355 e. The van der Waals surface area contributed by atoms with Crippen molar-refractivity contribution < 1.29 is 22.8 Å². The van der Waals surface area contributed by atoms with Crippen LogP contribution in [0.4, 0.5) is 0 Å². The van der Waals surface area contributed by atoms with E-state index in [0.29, 0.717) is 13.0 Å². The molecular formula is C25H31N3O5S. The van der Waals surface area contributed by atoms with E-state index in [1.54, 1.807) is 17.0 Å². The Labute approximate surface area is 201 Å². The summed E-state index contributed by atoms with van der Waals surface area (Å²) in [5, 5.41) is 2.79. The van der Waals surface area contributed by atoms with E-state index in [9.17, 15) is 22.8 Å². The summed E-state index contributed by atoms with van der Waals surface area (Å²) >= 11 is 0. The molecule has 1 atom stereocenters. The minimum absolute atomic E-state index is 0.00499. The van der Waals surface area contributed by atoms with Gasteiger partial charge >= 0.3 is 0 Å². The van der Waals surface area contributed by atoms with Gasteiger partial charge in [0.2, 0.25) is 11.8 Å². The molecule has 0 saturated heterocycles. The lowest BCUT2D eigenvalue weighted by molar-refractivity contribution is -0.141. The van der Waals surface area contributed by atoms with Crippen molar-refractivity contribution in [2.24, 2.45) is 0 Å². The highest BCUT2D eigenvalue weighted by atomic mass is 32.2. The van der Waals surface area contributed by atoms with Crippen molar-refractivity contribution >= 4 is 27.7 Å². The first-order valence-electron chi connectivity index (χ1n) is 11.5. The third-order valence-corrected chi connectivity index (χ3v) is 7.71. The van der Waals surface area contributed by atoms with Crippen molar-refractivity contribution in [3.8, 4) is 0 Å². The first-order chi connectivity index (χ1) is 16.2. The molecule has 34 heavy (non-hydrogen) atoms. The van der Waals surface area contributed by atoms with Gasteiger partial charge in [0.05, 0.1) is 5.56 Å². The van der Waals surface area contributed by atoms with Crippen molar-refractivity contribution in [1.82, 2.24) is 14.5 Å². The Kier molecular flexibility index (Phi) is 8.09. The Morgan fingerprint density at radius 2 is 1.74 bits per heavy atom. The number of rotatable bonds is 10.